The average Bonchev–Trinajstić information content (AvgIpc) is 3.07. The van der Waals surface area contributed by atoms with Gasteiger partial charge in [0.15, 0.2) is 5.65 Å². The van der Waals surface area contributed by atoms with Crippen molar-refractivity contribution in [3.05, 3.63) is 65.1 Å². The summed E-state index contributed by atoms with van der Waals surface area (Å²) in [5, 5.41) is -0.317. The van der Waals surface area contributed by atoms with Gasteiger partial charge in [-0.1, -0.05) is 29.8 Å². The number of carbonyl (C=O) groups is 1. The predicted octanol–water partition coefficient (Wildman–Crippen LogP) is 3.86. The Balaban J connectivity index is 2.06. The van der Waals surface area contributed by atoms with Crippen molar-refractivity contribution in [2.24, 2.45) is 0 Å². The molecular formula is C17H13ClF3N3O3S. The topological polar surface area (TPSA) is 71.8 Å². The Morgan fingerprint density at radius 2 is 1.86 bits per heavy atom. The highest BCUT2D eigenvalue weighted by Crippen LogP contribution is 2.32. The first-order valence-electron chi connectivity index (χ1n) is 7.93. The summed E-state index contributed by atoms with van der Waals surface area (Å²) in [5.74, 6) is -0.973. The maximum atomic E-state index is 12.9. The number of halogens is 4. The Bertz CT molecular complexity index is 1140. The summed E-state index contributed by atoms with van der Waals surface area (Å²) in [6.07, 6.45) is -2.90. The van der Waals surface area contributed by atoms with Crippen LogP contribution < -0.4 is 0 Å². The number of carbonyl (C=O) groups excluding carboxylic acids is 1. The van der Waals surface area contributed by atoms with Crippen molar-refractivity contribution in [1.29, 1.82) is 0 Å². The largest absolute Gasteiger partial charge is 0.417 e. The zero-order valence-corrected chi connectivity index (χ0v) is 15.9. The zero-order valence-electron chi connectivity index (χ0n) is 14.3. The first-order chi connectivity index (χ1) is 13.1. The van der Waals surface area contributed by atoms with E-state index in [1.54, 1.807) is 6.07 Å². The van der Waals surface area contributed by atoms with E-state index in [2.05, 4.69) is 4.98 Å². The van der Waals surface area contributed by atoms with Gasteiger partial charge in [0.2, 0.25) is 0 Å². The predicted molar refractivity (Wildman–Crippen MR) is 95.5 cm³/mol. The fourth-order valence-corrected chi connectivity index (χ4v) is 4.25. The lowest BCUT2D eigenvalue weighted by molar-refractivity contribution is -0.137. The van der Waals surface area contributed by atoms with Crippen molar-refractivity contribution in [3.8, 4) is 0 Å². The molecule has 0 spiro atoms. The molecule has 0 atom stereocenters. The van der Waals surface area contributed by atoms with Gasteiger partial charge in [0.25, 0.3) is 15.9 Å². The molecule has 0 radical (unpaired) electrons. The van der Waals surface area contributed by atoms with Crippen molar-refractivity contribution >= 4 is 33.2 Å². The van der Waals surface area contributed by atoms with Crippen molar-refractivity contribution in [2.45, 2.75) is 18.0 Å². The van der Waals surface area contributed by atoms with Crippen LogP contribution >= 0.6 is 11.6 Å². The summed E-state index contributed by atoms with van der Waals surface area (Å²) in [6.45, 7) is 1.27. The molecule has 6 nitrogen and oxygen atoms in total. The third-order valence-electron chi connectivity index (χ3n) is 3.90. The van der Waals surface area contributed by atoms with E-state index in [-0.39, 0.29) is 27.8 Å². The molecule has 0 unspecified atom stereocenters. The minimum Gasteiger partial charge on any atom is -0.304 e. The van der Waals surface area contributed by atoms with E-state index < -0.39 is 27.7 Å². The average molecular weight is 432 g/mol. The van der Waals surface area contributed by atoms with E-state index in [4.69, 9.17) is 11.6 Å². The first-order valence-corrected chi connectivity index (χ1v) is 9.75. The molecule has 11 heteroatoms. The fourth-order valence-electron chi connectivity index (χ4n) is 2.59. The lowest BCUT2D eigenvalue weighted by Crippen LogP contribution is -2.36. The number of sulfonamides is 1. The minimum atomic E-state index is -4.64. The number of hydrogen-bond acceptors (Lipinski definition) is 4. The summed E-state index contributed by atoms with van der Waals surface area (Å²) in [6, 6.07) is 8.00. The monoisotopic (exact) mass is 431 g/mol. The molecule has 0 aliphatic rings. The van der Waals surface area contributed by atoms with Crippen molar-refractivity contribution in [1.82, 2.24) is 13.7 Å². The normalized spacial score (nSPS) is 12.3. The van der Waals surface area contributed by atoms with E-state index in [0.29, 0.717) is 10.4 Å². The first kappa shape index (κ1) is 20.2. The van der Waals surface area contributed by atoms with E-state index in [0.717, 1.165) is 16.8 Å². The number of benzene rings is 1. The summed E-state index contributed by atoms with van der Waals surface area (Å²) < 4.78 is 65.9. The summed E-state index contributed by atoms with van der Waals surface area (Å²) in [7, 11) is -4.16. The van der Waals surface area contributed by atoms with Crippen LogP contribution in [0.3, 0.4) is 0 Å². The maximum absolute atomic E-state index is 12.9. The Hall–Kier alpha value is -2.59. The number of pyridine rings is 1. The number of aromatic nitrogens is 2. The van der Waals surface area contributed by atoms with E-state index in [1.807, 2.05) is 0 Å². The van der Waals surface area contributed by atoms with Gasteiger partial charge in [-0.05, 0) is 25.1 Å². The van der Waals surface area contributed by atoms with Crippen LogP contribution in [0.15, 0.2) is 53.7 Å². The third kappa shape index (κ3) is 3.57. The highest BCUT2D eigenvalue weighted by molar-refractivity contribution is 7.89. The number of nitrogens with zero attached hydrogens (tertiary/aromatic N) is 3. The smallest absolute Gasteiger partial charge is 0.304 e. The van der Waals surface area contributed by atoms with Gasteiger partial charge in [-0.2, -0.15) is 13.2 Å². The third-order valence-corrected chi connectivity index (χ3v) is 6.05. The Labute approximate surface area is 163 Å². The number of fused-ring (bicyclic) bond motifs is 1. The molecule has 2 aromatic heterocycles. The van der Waals surface area contributed by atoms with Crippen LogP contribution in [0.4, 0.5) is 13.2 Å². The van der Waals surface area contributed by atoms with E-state index >= 15 is 0 Å². The van der Waals surface area contributed by atoms with Crippen molar-refractivity contribution in [2.75, 3.05) is 6.54 Å². The second-order valence-electron chi connectivity index (χ2n) is 5.72. The Kier molecular flexibility index (Phi) is 5.11. The van der Waals surface area contributed by atoms with Crippen LogP contribution in [0, 0.1) is 0 Å². The fraction of sp³-hybridized carbons (Fsp3) is 0.176. The van der Waals surface area contributed by atoms with Crippen LogP contribution in [-0.4, -0.2) is 34.6 Å². The highest BCUT2D eigenvalue weighted by Gasteiger charge is 2.33. The van der Waals surface area contributed by atoms with Gasteiger partial charge in [0, 0.05) is 18.9 Å². The minimum absolute atomic E-state index is 0.0913. The molecule has 0 saturated heterocycles. The number of hydrogen-bond donors (Lipinski definition) is 0. The lowest BCUT2D eigenvalue weighted by atomic mass is 10.3. The molecule has 0 fully saturated rings. The molecule has 0 N–H and O–H groups in total. The van der Waals surface area contributed by atoms with Gasteiger partial charge < -0.3 is 4.40 Å². The molecule has 0 aliphatic carbocycles. The molecule has 0 aliphatic heterocycles. The van der Waals surface area contributed by atoms with Gasteiger partial charge in [-0.3, -0.25) is 4.79 Å². The van der Waals surface area contributed by atoms with Crippen molar-refractivity contribution < 1.29 is 26.4 Å². The number of alkyl halides is 3. The molecule has 1 aromatic carbocycles. The van der Waals surface area contributed by atoms with Gasteiger partial charge >= 0.3 is 6.18 Å². The quantitative estimate of drug-likeness (QED) is 0.629. The molecule has 1 amide bonds. The van der Waals surface area contributed by atoms with E-state index in [1.165, 1.54) is 31.2 Å². The molecular weight excluding hydrogens is 419 g/mol. The van der Waals surface area contributed by atoms with Crippen LogP contribution in [0.5, 0.6) is 0 Å². The van der Waals surface area contributed by atoms with Crippen LogP contribution in [0.2, 0.25) is 5.02 Å². The molecule has 0 bridgehead atoms. The van der Waals surface area contributed by atoms with Gasteiger partial charge in [-0.15, -0.1) is 0 Å². The molecule has 28 heavy (non-hydrogen) atoms. The summed E-state index contributed by atoms with van der Waals surface area (Å²) in [5.41, 5.74) is -1.46. The van der Waals surface area contributed by atoms with E-state index in [9.17, 15) is 26.4 Å². The molecule has 2 heterocycles. The number of rotatable bonds is 4. The number of amides is 1. The van der Waals surface area contributed by atoms with Crippen LogP contribution in [0.25, 0.3) is 5.65 Å². The van der Waals surface area contributed by atoms with Crippen LogP contribution in [0.1, 0.15) is 23.0 Å². The van der Waals surface area contributed by atoms with Crippen LogP contribution in [-0.2, 0) is 16.2 Å². The maximum Gasteiger partial charge on any atom is 0.417 e. The van der Waals surface area contributed by atoms with Gasteiger partial charge in [-0.25, -0.2) is 17.7 Å². The van der Waals surface area contributed by atoms with Gasteiger partial charge in [0.1, 0.15) is 5.69 Å². The second-order valence-corrected chi connectivity index (χ2v) is 7.99. The molecule has 148 valence electrons. The lowest BCUT2D eigenvalue weighted by Gasteiger charge is -2.19. The van der Waals surface area contributed by atoms with Crippen molar-refractivity contribution in [3.63, 3.8) is 0 Å². The summed E-state index contributed by atoms with van der Waals surface area (Å²) in [4.78, 5) is 16.6. The summed E-state index contributed by atoms with van der Waals surface area (Å²) >= 11 is 5.86. The highest BCUT2D eigenvalue weighted by atomic mass is 35.5. The molecule has 0 saturated carbocycles. The molecule has 3 rings (SSSR count). The molecule has 3 aromatic rings. The Morgan fingerprint density at radius 1 is 1.21 bits per heavy atom. The second kappa shape index (κ2) is 7.10. The van der Waals surface area contributed by atoms with Gasteiger partial charge in [0.05, 0.1) is 15.5 Å². The standard InChI is InChI=1S/C17H13ClF3N3O3S/c1-2-24(28(26,27)12-6-4-3-5-7-12)16(25)14-10-23-9-11(17(19,20)21)8-13(18)15(23)22-14/h3-10H,2H2,1H3. The zero-order chi connectivity index (χ0) is 20.7. The Morgan fingerprint density at radius 3 is 2.43 bits per heavy atom. The SMILES string of the molecule is CCN(C(=O)c1cn2cc(C(F)(F)F)cc(Cl)c2n1)S(=O)(=O)c1ccccc1. The number of imidazole rings is 1.